The van der Waals surface area contributed by atoms with Gasteiger partial charge < -0.3 is 5.32 Å². The number of amides is 1. The summed E-state index contributed by atoms with van der Waals surface area (Å²) in [6.07, 6.45) is 5.96. The SMILES string of the molecule is CCCCC(=O)Nc1cc2nn(-c3ccc(CCCC)cc3)nc2cc1C. The van der Waals surface area contributed by atoms with E-state index >= 15 is 0 Å². The molecule has 0 aliphatic heterocycles. The van der Waals surface area contributed by atoms with Gasteiger partial charge in [-0.05, 0) is 61.6 Å². The van der Waals surface area contributed by atoms with Crippen molar-refractivity contribution in [2.45, 2.75) is 59.3 Å². The minimum absolute atomic E-state index is 0.0503. The topological polar surface area (TPSA) is 59.8 Å². The van der Waals surface area contributed by atoms with Crippen molar-refractivity contribution in [2.75, 3.05) is 5.32 Å². The van der Waals surface area contributed by atoms with E-state index in [9.17, 15) is 4.79 Å². The number of nitrogens with zero attached hydrogens (tertiary/aromatic N) is 3. The van der Waals surface area contributed by atoms with Gasteiger partial charge in [0.25, 0.3) is 0 Å². The highest BCUT2D eigenvalue weighted by Gasteiger charge is 2.10. The number of hydrogen-bond acceptors (Lipinski definition) is 3. The molecule has 0 fully saturated rings. The highest BCUT2D eigenvalue weighted by Crippen LogP contribution is 2.22. The lowest BCUT2D eigenvalue weighted by atomic mass is 10.1. The van der Waals surface area contributed by atoms with Crippen molar-refractivity contribution in [2.24, 2.45) is 0 Å². The number of aryl methyl sites for hydroxylation is 2. The van der Waals surface area contributed by atoms with Crippen LogP contribution in [0.5, 0.6) is 0 Å². The summed E-state index contributed by atoms with van der Waals surface area (Å²) in [6.45, 7) is 6.27. The zero-order valence-corrected chi connectivity index (χ0v) is 16.5. The molecule has 2 aromatic carbocycles. The van der Waals surface area contributed by atoms with E-state index in [0.29, 0.717) is 6.42 Å². The fourth-order valence-corrected chi connectivity index (χ4v) is 3.04. The van der Waals surface area contributed by atoms with Gasteiger partial charge in [0.15, 0.2) is 0 Å². The van der Waals surface area contributed by atoms with E-state index in [1.807, 2.05) is 19.1 Å². The van der Waals surface area contributed by atoms with Crippen molar-refractivity contribution in [3.05, 3.63) is 47.5 Å². The second kappa shape index (κ2) is 8.80. The van der Waals surface area contributed by atoms with Crippen LogP contribution in [-0.4, -0.2) is 20.9 Å². The highest BCUT2D eigenvalue weighted by atomic mass is 16.1. The molecule has 1 heterocycles. The summed E-state index contributed by atoms with van der Waals surface area (Å²) < 4.78 is 0. The summed E-state index contributed by atoms with van der Waals surface area (Å²) in [5.74, 6) is 0.0503. The predicted octanol–water partition coefficient (Wildman–Crippen LogP) is 5.20. The van der Waals surface area contributed by atoms with Crippen molar-refractivity contribution in [3.63, 3.8) is 0 Å². The number of carbonyl (C=O) groups is 1. The van der Waals surface area contributed by atoms with Gasteiger partial charge >= 0.3 is 0 Å². The Morgan fingerprint density at radius 1 is 1.00 bits per heavy atom. The summed E-state index contributed by atoms with van der Waals surface area (Å²) in [5.41, 5.74) is 5.69. The van der Waals surface area contributed by atoms with Crippen LogP contribution in [0.4, 0.5) is 5.69 Å². The van der Waals surface area contributed by atoms with Gasteiger partial charge in [-0.3, -0.25) is 4.79 Å². The number of nitrogens with one attached hydrogen (secondary N) is 1. The third kappa shape index (κ3) is 4.73. The fraction of sp³-hybridized carbons (Fsp3) is 0.409. The Morgan fingerprint density at radius 2 is 1.67 bits per heavy atom. The molecule has 1 aromatic heterocycles. The molecular formula is C22H28N4O. The van der Waals surface area contributed by atoms with E-state index in [2.05, 4.69) is 53.6 Å². The molecule has 0 saturated heterocycles. The molecule has 142 valence electrons. The predicted molar refractivity (Wildman–Crippen MR) is 110 cm³/mol. The molecule has 3 aromatic rings. The Hall–Kier alpha value is -2.69. The number of aromatic nitrogens is 3. The van der Waals surface area contributed by atoms with Crippen LogP contribution in [0.25, 0.3) is 16.7 Å². The number of rotatable bonds is 8. The van der Waals surface area contributed by atoms with E-state index in [-0.39, 0.29) is 5.91 Å². The Balaban J connectivity index is 1.81. The molecule has 5 nitrogen and oxygen atoms in total. The van der Waals surface area contributed by atoms with Gasteiger partial charge in [0.1, 0.15) is 11.0 Å². The Kier molecular flexibility index (Phi) is 6.22. The van der Waals surface area contributed by atoms with Gasteiger partial charge in [-0.2, -0.15) is 4.80 Å². The zero-order valence-electron chi connectivity index (χ0n) is 16.5. The van der Waals surface area contributed by atoms with Crippen LogP contribution in [0.3, 0.4) is 0 Å². The van der Waals surface area contributed by atoms with Crippen LogP contribution < -0.4 is 5.32 Å². The summed E-state index contributed by atoms with van der Waals surface area (Å²) in [7, 11) is 0. The quantitative estimate of drug-likeness (QED) is 0.597. The molecule has 1 amide bonds. The largest absolute Gasteiger partial charge is 0.326 e. The zero-order chi connectivity index (χ0) is 19.2. The van der Waals surface area contributed by atoms with Gasteiger partial charge in [-0.15, -0.1) is 10.2 Å². The molecular weight excluding hydrogens is 336 g/mol. The first-order valence-corrected chi connectivity index (χ1v) is 9.87. The van der Waals surface area contributed by atoms with Gasteiger partial charge in [-0.1, -0.05) is 38.8 Å². The molecule has 0 saturated carbocycles. The van der Waals surface area contributed by atoms with Crippen LogP contribution >= 0.6 is 0 Å². The van der Waals surface area contributed by atoms with Crippen molar-refractivity contribution in [1.82, 2.24) is 15.0 Å². The molecule has 0 unspecified atom stereocenters. The second-order valence-electron chi connectivity index (χ2n) is 7.07. The first kappa shape index (κ1) is 19.1. The molecule has 0 spiro atoms. The first-order chi connectivity index (χ1) is 13.1. The minimum atomic E-state index is 0.0503. The Bertz CT molecular complexity index is 912. The summed E-state index contributed by atoms with van der Waals surface area (Å²) in [6, 6.07) is 12.3. The van der Waals surface area contributed by atoms with E-state index in [1.54, 1.807) is 4.80 Å². The average molecular weight is 364 g/mol. The summed E-state index contributed by atoms with van der Waals surface area (Å²) >= 11 is 0. The molecule has 0 bridgehead atoms. The number of anilines is 1. The van der Waals surface area contributed by atoms with E-state index in [0.717, 1.165) is 47.2 Å². The molecule has 0 aliphatic rings. The van der Waals surface area contributed by atoms with E-state index in [1.165, 1.54) is 18.4 Å². The van der Waals surface area contributed by atoms with Gasteiger partial charge in [-0.25, -0.2) is 0 Å². The normalized spacial score (nSPS) is 11.1. The highest BCUT2D eigenvalue weighted by molar-refractivity contribution is 5.94. The lowest BCUT2D eigenvalue weighted by molar-refractivity contribution is -0.116. The van der Waals surface area contributed by atoms with Crippen LogP contribution in [0, 0.1) is 6.92 Å². The number of unbranched alkanes of at least 4 members (excludes halogenated alkanes) is 2. The number of benzene rings is 2. The van der Waals surface area contributed by atoms with Crippen molar-refractivity contribution < 1.29 is 4.79 Å². The van der Waals surface area contributed by atoms with Gasteiger partial charge in [0, 0.05) is 12.1 Å². The van der Waals surface area contributed by atoms with Crippen LogP contribution in [0.15, 0.2) is 36.4 Å². The number of fused-ring (bicyclic) bond motifs is 1. The third-order valence-electron chi connectivity index (χ3n) is 4.74. The lowest BCUT2D eigenvalue weighted by Crippen LogP contribution is -2.11. The first-order valence-electron chi connectivity index (χ1n) is 9.87. The van der Waals surface area contributed by atoms with E-state index < -0.39 is 0 Å². The molecule has 3 rings (SSSR count). The molecule has 5 heteroatoms. The molecule has 0 radical (unpaired) electrons. The van der Waals surface area contributed by atoms with Crippen LogP contribution in [0.2, 0.25) is 0 Å². The maximum absolute atomic E-state index is 12.0. The van der Waals surface area contributed by atoms with Crippen LogP contribution in [0.1, 0.15) is 57.1 Å². The second-order valence-corrected chi connectivity index (χ2v) is 7.07. The Morgan fingerprint density at radius 3 is 2.33 bits per heavy atom. The van der Waals surface area contributed by atoms with Crippen LogP contribution in [-0.2, 0) is 11.2 Å². The Labute approximate surface area is 160 Å². The summed E-state index contributed by atoms with van der Waals surface area (Å²) in [5, 5.41) is 12.2. The van der Waals surface area contributed by atoms with Crippen molar-refractivity contribution >= 4 is 22.6 Å². The van der Waals surface area contributed by atoms with E-state index in [4.69, 9.17) is 0 Å². The maximum atomic E-state index is 12.0. The monoisotopic (exact) mass is 364 g/mol. The fourth-order valence-electron chi connectivity index (χ4n) is 3.04. The maximum Gasteiger partial charge on any atom is 0.224 e. The standard InChI is InChI=1S/C22H28N4O/c1-4-6-8-17-10-12-18(13-11-17)26-24-20-14-16(3)19(15-21(20)25-26)23-22(27)9-7-5-2/h10-15H,4-9H2,1-3H3,(H,23,27). The molecule has 0 aliphatic carbocycles. The van der Waals surface area contributed by atoms with Gasteiger partial charge in [0.05, 0.1) is 5.69 Å². The minimum Gasteiger partial charge on any atom is -0.326 e. The average Bonchev–Trinajstić information content (AvgIpc) is 3.08. The number of carbonyl (C=O) groups excluding carboxylic acids is 1. The molecule has 27 heavy (non-hydrogen) atoms. The number of hydrogen-bond donors (Lipinski definition) is 1. The van der Waals surface area contributed by atoms with Gasteiger partial charge in [0.2, 0.25) is 5.91 Å². The summed E-state index contributed by atoms with van der Waals surface area (Å²) in [4.78, 5) is 13.7. The van der Waals surface area contributed by atoms with Crippen molar-refractivity contribution in [3.8, 4) is 5.69 Å². The van der Waals surface area contributed by atoms with Crippen molar-refractivity contribution in [1.29, 1.82) is 0 Å². The lowest BCUT2D eigenvalue weighted by Gasteiger charge is -2.07. The smallest absolute Gasteiger partial charge is 0.224 e. The third-order valence-corrected chi connectivity index (χ3v) is 4.74. The molecule has 1 N–H and O–H groups in total. The molecule has 0 atom stereocenters.